The van der Waals surface area contributed by atoms with Crippen LogP contribution in [0.15, 0.2) is 48.8 Å². The van der Waals surface area contributed by atoms with Gasteiger partial charge < -0.3 is 4.90 Å². The van der Waals surface area contributed by atoms with Crippen LogP contribution in [0.1, 0.15) is 31.2 Å². The summed E-state index contributed by atoms with van der Waals surface area (Å²) in [4.78, 5) is 15.3. The van der Waals surface area contributed by atoms with Crippen molar-refractivity contribution < 1.29 is 4.79 Å². The Morgan fingerprint density at radius 2 is 2.05 bits per heavy atom. The lowest BCUT2D eigenvalue weighted by atomic mass is 9.94. The summed E-state index contributed by atoms with van der Waals surface area (Å²) < 4.78 is 1.94. The number of aromatic nitrogens is 2. The molecule has 1 aliphatic carbocycles. The lowest BCUT2D eigenvalue weighted by Crippen LogP contribution is -2.44. The highest BCUT2D eigenvalue weighted by Crippen LogP contribution is 2.50. The lowest BCUT2D eigenvalue weighted by molar-refractivity contribution is -0.135. The van der Waals surface area contributed by atoms with Gasteiger partial charge in [0.05, 0.1) is 18.0 Å². The smallest absolute Gasteiger partial charge is 0.233 e. The molecule has 1 aromatic carbocycles. The first-order valence-electron chi connectivity index (χ1n) is 8.14. The number of likely N-dealkylation sites (tertiary alicyclic amines) is 1. The first-order valence-corrected chi connectivity index (χ1v) is 8.14. The van der Waals surface area contributed by atoms with Gasteiger partial charge in [-0.15, -0.1) is 0 Å². The number of nitrogens with zero attached hydrogens (tertiary/aromatic N) is 3. The second-order valence-corrected chi connectivity index (χ2v) is 6.47. The molecule has 1 atom stereocenters. The molecule has 0 radical (unpaired) electrons. The molecule has 0 N–H and O–H groups in total. The molecule has 1 saturated carbocycles. The SMILES string of the molecule is O=C(N1CCCC1Cn1cccn1)C1(c2ccccc2)CC1. The van der Waals surface area contributed by atoms with Gasteiger partial charge in [0.15, 0.2) is 0 Å². The van der Waals surface area contributed by atoms with Crippen LogP contribution >= 0.6 is 0 Å². The van der Waals surface area contributed by atoms with Gasteiger partial charge in [-0.05, 0) is 37.3 Å². The second-order valence-electron chi connectivity index (χ2n) is 6.47. The van der Waals surface area contributed by atoms with Gasteiger partial charge in [-0.25, -0.2) is 0 Å². The quantitative estimate of drug-likeness (QED) is 0.869. The van der Waals surface area contributed by atoms with Crippen LogP contribution in [0.5, 0.6) is 0 Å². The van der Waals surface area contributed by atoms with Crippen molar-refractivity contribution in [1.29, 1.82) is 0 Å². The number of benzene rings is 1. The molecule has 1 aromatic heterocycles. The fourth-order valence-electron chi connectivity index (χ4n) is 3.70. The van der Waals surface area contributed by atoms with Crippen molar-refractivity contribution in [2.75, 3.05) is 6.54 Å². The molecule has 114 valence electrons. The molecule has 1 aliphatic heterocycles. The van der Waals surface area contributed by atoms with E-state index in [0.717, 1.165) is 38.8 Å². The van der Waals surface area contributed by atoms with Crippen LogP contribution in [0.2, 0.25) is 0 Å². The maximum Gasteiger partial charge on any atom is 0.233 e. The van der Waals surface area contributed by atoms with Crippen LogP contribution in [0.4, 0.5) is 0 Å². The summed E-state index contributed by atoms with van der Waals surface area (Å²) in [5.41, 5.74) is 0.943. The average Bonchev–Trinajstić information content (AvgIpc) is 2.97. The molecule has 4 rings (SSSR count). The van der Waals surface area contributed by atoms with E-state index in [2.05, 4.69) is 22.1 Å². The third kappa shape index (κ3) is 2.23. The predicted molar refractivity (Wildman–Crippen MR) is 84.3 cm³/mol. The first-order chi connectivity index (χ1) is 10.8. The van der Waals surface area contributed by atoms with Crippen molar-refractivity contribution in [1.82, 2.24) is 14.7 Å². The molecule has 4 heteroatoms. The number of amides is 1. The molecule has 4 nitrogen and oxygen atoms in total. The van der Waals surface area contributed by atoms with Crippen molar-refractivity contribution in [2.24, 2.45) is 0 Å². The highest BCUT2D eigenvalue weighted by atomic mass is 16.2. The third-order valence-electron chi connectivity index (χ3n) is 5.08. The average molecular weight is 295 g/mol. The Kier molecular flexibility index (Phi) is 3.25. The molecule has 1 saturated heterocycles. The molecular formula is C18H21N3O. The number of carbonyl (C=O) groups is 1. The Labute approximate surface area is 130 Å². The van der Waals surface area contributed by atoms with Gasteiger partial charge in [0.1, 0.15) is 0 Å². The van der Waals surface area contributed by atoms with Crippen molar-refractivity contribution in [3.8, 4) is 0 Å². The van der Waals surface area contributed by atoms with Gasteiger partial charge in [-0.3, -0.25) is 9.48 Å². The molecule has 22 heavy (non-hydrogen) atoms. The van der Waals surface area contributed by atoms with Crippen molar-refractivity contribution >= 4 is 5.91 Å². The first kappa shape index (κ1) is 13.6. The zero-order chi connectivity index (χ0) is 15.0. The van der Waals surface area contributed by atoms with E-state index in [9.17, 15) is 4.79 Å². The summed E-state index contributed by atoms with van der Waals surface area (Å²) in [5.74, 6) is 0.327. The summed E-state index contributed by atoms with van der Waals surface area (Å²) in [5, 5.41) is 4.29. The molecular weight excluding hydrogens is 274 g/mol. The van der Waals surface area contributed by atoms with Crippen LogP contribution in [-0.2, 0) is 16.8 Å². The van der Waals surface area contributed by atoms with Gasteiger partial charge in [-0.2, -0.15) is 5.10 Å². The van der Waals surface area contributed by atoms with E-state index in [-0.39, 0.29) is 11.5 Å². The molecule has 0 spiro atoms. The summed E-state index contributed by atoms with van der Waals surface area (Å²) in [7, 11) is 0. The van der Waals surface area contributed by atoms with E-state index < -0.39 is 0 Å². The Morgan fingerprint density at radius 1 is 1.23 bits per heavy atom. The standard InChI is InChI=1S/C18H21N3O/c22-17(18(9-10-18)15-6-2-1-3-7-15)21-13-4-8-16(21)14-20-12-5-11-19-20/h1-3,5-7,11-12,16H,4,8-10,13-14H2. The summed E-state index contributed by atoms with van der Waals surface area (Å²) in [6.07, 6.45) is 7.93. The van der Waals surface area contributed by atoms with E-state index in [1.165, 1.54) is 5.56 Å². The Morgan fingerprint density at radius 3 is 2.73 bits per heavy atom. The Hall–Kier alpha value is -2.10. The molecule has 2 aliphatic rings. The van der Waals surface area contributed by atoms with E-state index in [1.54, 1.807) is 6.20 Å². The van der Waals surface area contributed by atoms with Gasteiger partial charge in [-0.1, -0.05) is 30.3 Å². The molecule has 2 aromatic rings. The van der Waals surface area contributed by atoms with Crippen molar-refractivity contribution in [3.05, 3.63) is 54.4 Å². The molecule has 2 fully saturated rings. The van der Waals surface area contributed by atoms with Crippen LogP contribution in [0, 0.1) is 0 Å². The highest BCUT2D eigenvalue weighted by Gasteiger charge is 2.54. The number of hydrogen-bond acceptors (Lipinski definition) is 2. The molecule has 1 unspecified atom stereocenters. The number of hydrogen-bond donors (Lipinski definition) is 0. The summed E-state index contributed by atoms with van der Waals surface area (Å²) >= 11 is 0. The monoisotopic (exact) mass is 295 g/mol. The lowest BCUT2D eigenvalue weighted by Gasteiger charge is -2.29. The van der Waals surface area contributed by atoms with Crippen LogP contribution in [-0.4, -0.2) is 33.2 Å². The van der Waals surface area contributed by atoms with Crippen LogP contribution in [0.25, 0.3) is 0 Å². The van der Waals surface area contributed by atoms with E-state index in [0.29, 0.717) is 5.91 Å². The number of rotatable bonds is 4. The molecule has 1 amide bonds. The predicted octanol–water partition coefficient (Wildman–Crippen LogP) is 2.61. The topological polar surface area (TPSA) is 38.1 Å². The zero-order valence-corrected chi connectivity index (χ0v) is 12.7. The maximum atomic E-state index is 13.2. The van der Waals surface area contributed by atoms with E-state index in [4.69, 9.17) is 0 Å². The fraction of sp³-hybridized carbons (Fsp3) is 0.444. The Balaban J connectivity index is 1.54. The van der Waals surface area contributed by atoms with Gasteiger partial charge in [0, 0.05) is 18.9 Å². The largest absolute Gasteiger partial charge is 0.337 e. The summed E-state index contributed by atoms with van der Waals surface area (Å²) in [6.45, 7) is 1.70. The second kappa shape index (κ2) is 5.27. The van der Waals surface area contributed by atoms with Gasteiger partial charge in [0.25, 0.3) is 0 Å². The minimum atomic E-state index is -0.242. The Bertz CT molecular complexity index is 646. The maximum absolute atomic E-state index is 13.2. The molecule has 0 bridgehead atoms. The minimum Gasteiger partial charge on any atom is -0.337 e. The van der Waals surface area contributed by atoms with Crippen molar-refractivity contribution in [3.63, 3.8) is 0 Å². The van der Waals surface area contributed by atoms with Crippen LogP contribution < -0.4 is 0 Å². The van der Waals surface area contributed by atoms with Crippen LogP contribution in [0.3, 0.4) is 0 Å². The van der Waals surface area contributed by atoms with E-state index >= 15 is 0 Å². The van der Waals surface area contributed by atoms with Gasteiger partial charge >= 0.3 is 0 Å². The van der Waals surface area contributed by atoms with Gasteiger partial charge in [0.2, 0.25) is 5.91 Å². The molecule has 2 heterocycles. The third-order valence-corrected chi connectivity index (χ3v) is 5.08. The number of carbonyl (C=O) groups excluding carboxylic acids is 1. The summed E-state index contributed by atoms with van der Waals surface area (Å²) in [6, 6.07) is 12.5. The van der Waals surface area contributed by atoms with E-state index in [1.807, 2.05) is 35.1 Å². The fourth-order valence-corrected chi connectivity index (χ4v) is 3.70. The zero-order valence-electron chi connectivity index (χ0n) is 12.7. The normalized spacial score (nSPS) is 22.7. The highest BCUT2D eigenvalue weighted by molar-refractivity contribution is 5.91. The van der Waals surface area contributed by atoms with Crippen molar-refractivity contribution in [2.45, 2.75) is 43.7 Å². The minimum absolute atomic E-state index is 0.242.